The number of hydrogen-bond donors (Lipinski definition) is 1. The minimum absolute atomic E-state index is 0.113. The van der Waals surface area contributed by atoms with Gasteiger partial charge in [0, 0.05) is 18.9 Å². The Morgan fingerprint density at radius 2 is 1.70 bits per heavy atom. The van der Waals surface area contributed by atoms with Crippen molar-refractivity contribution in [2.75, 3.05) is 0 Å². The Kier molecular flexibility index (Phi) is 3.99. The zero-order valence-corrected chi connectivity index (χ0v) is 10.2. The van der Waals surface area contributed by atoms with E-state index < -0.39 is 17.6 Å². The van der Waals surface area contributed by atoms with Gasteiger partial charge < -0.3 is 15.2 Å². The van der Waals surface area contributed by atoms with E-state index in [1.807, 2.05) is 0 Å². The van der Waals surface area contributed by atoms with Crippen molar-refractivity contribution in [1.82, 2.24) is 15.3 Å². The van der Waals surface area contributed by atoms with Gasteiger partial charge in [-0.1, -0.05) is 12.1 Å². The van der Waals surface area contributed by atoms with Gasteiger partial charge in [0.25, 0.3) is 5.91 Å². The third-order valence-electron chi connectivity index (χ3n) is 2.47. The summed E-state index contributed by atoms with van der Waals surface area (Å²) in [7, 11) is 0. The number of halogens is 1. The van der Waals surface area contributed by atoms with Gasteiger partial charge >= 0.3 is 0 Å². The SMILES string of the molecule is O=C([O-])c1nccnc1C(=O)NCc1ccc(F)cc1. The van der Waals surface area contributed by atoms with Gasteiger partial charge in [0.15, 0.2) is 5.69 Å². The minimum Gasteiger partial charge on any atom is -0.543 e. The Balaban J connectivity index is 2.09. The number of carboxylic acids is 1. The standard InChI is InChI=1S/C13H10FN3O3/c14-9-3-1-8(2-4-9)7-17-12(18)10-11(13(19)20)16-6-5-15-10/h1-6H,7H2,(H,17,18)(H,19,20)/p-1. The first-order chi connectivity index (χ1) is 9.58. The van der Waals surface area contributed by atoms with Gasteiger partial charge in [0.05, 0.1) is 5.97 Å². The minimum atomic E-state index is -1.58. The molecular formula is C13H9FN3O3-. The molecule has 0 fully saturated rings. The van der Waals surface area contributed by atoms with Gasteiger partial charge in [-0.2, -0.15) is 0 Å². The molecule has 0 bridgehead atoms. The number of carboxylic acid groups (broad SMARTS) is 1. The lowest BCUT2D eigenvalue weighted by Gasteiger charge is -2.08. The maximum absolute atomic E-state index is 12.7. The number of carbonyl (C=O) groups is 2. The lowest BCUT2D eigenvalue weighted by Crippen LogP contribution is -2.31. The van der Waals surface area contributed by atoms with E-state index in [-0.39, 0.29) is 18.1 Å². The molecule has 0 radical (unpaired) electrons. The Labute approximate surface area is 113 Å². The van der Waals surface area contributed by atoms with Gasteiger partial charge in [-0.15, -0.1) is 0 Å². The highest BCUT2D eigenvalue weighted by molar-refractivity contribution is 6.01. The van der Waals surface area contributed by atoms with Crippen LogP contribution in [0, 0.1) is 5.82 Å². The van der Waals surface area contributed by atoms with E-state index >= 15 is 0 Å². The summed E-state index contributed by atoms with van der Waals surface area (Å²) in [6, 6.07) is 5.53. The summed E-state index contributed by atoms with van der Waals surface area (Å²) in [6.07, 6.45) is 2.36. The van der Waals surface area contributed by atoms with Crippen LogP contribution in [-0.2, 0) is 6.54 Å². The van der Waals surface area contributed by atoms with E-state index in [9.17, 15) is 19.1 Å². The van der Waals surface area contributed by atoms with Crippen molar-refractivity contribution in [1.29, 1.82) is 0 Å². The molecule has 1 amide bonds. The summed E-state index contributed by atoms with van der Waals surface area (Å²) in [5, 5.41) is 13.3. The number of amides is 1. The van der Waals surface area contributed by atoms with Crippen LogP contribution in [0.4, 0.5) is 4.39 Å². The number of carbonyl (C=O) groups excluding carboxylic acids is 2. The molecule has 0 atom stereocenters. The van der Waals surface area contributed by atoms with Crippen molar-refractivity contribution in [2.24, 2.45) is 0 Å². The van der Waals surface area contributed by atoms with Crippen molar-refractivity contribution in [3.8, 4) is 0 Å². The van der Waals surface area contributed by atoms with Crippen molar-refractivity contribution < 1.29 is 19.1 Å². The monoisotopic (exact) mass is 274 g/mol. The second-order valence-corrected chi connectivity index (χ2v) is 3.85. The smallest absolute Gasteiger partial charge is 0.272 e. The molecule has 0 saturated carbocycles. The Bertz CT molecular complexity index is 644. The molecule has 2 aromatic rings. The summed E-state index contributed by atoms with van der Waals surface area (Å²) in [5.74, 6) is -2.65. The molecule has 7 heteroatoms. The van der Waals surface area contributed by atoms with Crippen LogP contribution in [0.2, 0.25) is 0 Å². The van der Waals surface area contributed by atoms with Crippen LogP contribution in [-0.4, -0.2) is 21.8 Å². The quantitative estimate of drug-likeness (QED) is 0.840. The number of nitrogens with one attached hydrogen (secondary N) is 1. The number of aromatic nitrogens is 2. The predicted octanol–water partition coefficient (Wildman–Crippen LogP) is -0.0908. The normalized spacial score (nSPS) is 10.1. The zero-order chi connectivity index (χ0) is 14.5. The molecule has 20 heavy (non-hydrogen) atoms. The van der Waals surface area contributed by atoms with E-state index in [0.29, 0.717) is 5.56 Å². The molecule has 0 aliphatic heterocycles. The highest BCUT2D eigenvalue weighted by Crippen LogP contribution is 2.04. The fraction of sp³-hybridized carbons (Fsp3) is 0.0769. The molecular weight excluding hydrogens is 265 g/mol. The molecule has 2 rings (SSSR count). The molecule has 1 heterocycles. The number of nitrogens with zero attached hydrogens (tertiary/aromatic N) is 2. The molecule has 0 aliphatic rings. The molecule has 0 spiro atoms. The molecule has 6 nitrogen and oxygen atoms in total. The second kappa shape index (κ2) is 5.87. The molecule has 102 valence electrons. The first-order valence-electron chi connectivity index (χ1n) is 5.63. The molecule has 1 aromatic carbocycles. The molecule has 0 unspecified atom stereocenters. The molecule has 0 aliphatic carbocycles. The van der Waals surface area contributed by atoms with Crippen molar-refractivity contribution >= 4 is 11.9 Å². The van der Waals surface area contributed by atoms with E-state index in [2.05, 4.69) is 15.3 Å². The average molecular weight is 274 g/mol. The summed E-state index contributed by atoms with van der Waals surface area (Å²) in [5.41, 5.74) is -0.183. The van der Waals surface area contributed by atoms with Gasteiger partial charge in [-0.3, -0.25) is 9.78 Å². The van der Waals surface area contributed by atoms with E-state index in [0.717, 1.165) is 6.20 Å². The highest BCUT2D eigenvalue weighted by Gasteiger charge is 2.14. The molecule has 0 saturated heterocycles. The first-order valence-corrected chi connectivity index (χ1v) is 5.63. The topological polar surface area (TPSA) is 95.0 Å². The number of benzene rings is 1. The lowest BCUT2D eigenvalue weighted by molar-refractivity contribution is -0.255. The third kappa shape index (κ3) is 3.14. The molecule has 1 aromatic heterocycles. The van der Waals surface area contributed by atoms with Crippen molar-refractivity contribution in [3.05, 3.63) is 59.4 Å². The summed E-state index contributed by atoms with van der Waals surface area (Å²) >= 11 is 0. The summed E-state index contributed by atoms with van der Waals surface area (Å²) in [4.78, 5) is 29.8. The maximum Gasteiger partial charge on any atom is 0.272 e. The Hall–Kier alpha value is -2.83. The van der Waals surface area contributed by atoms with Gasteiger partial charge in [0.2, 0.25) is 0 Å². The molecule has 1 N–H and O–H groups in total. The van der Waals surface area contributed by atoms with Crippen LogP contribution in [0.3, 0.4) is 0 Å². The van der Waals surface area contributed by atoms with Crippen molar-refractivity contribution in [2.45, 2.75) is 6.54 Å². The van der Waals surface area contributed by atoms with E-state index in [1.54, 1.807) is 0 Å². The first kappa shape index (κ1) is 13.6. The lowest BCUT2D eigenvalue weighted by atomic mass is 10.2. The van der Waals surface area contributed by atoms with Crippen molar-refractivity contribution in [3.63, 3.8) is 0 Å². The Morgan fingerprint density at radius 3 is 2.30 bits per heavy atom. The second-order valence-electron chi connectivity index (χ2n) is 3.85. The largest absolute Gasteiger partial charge is 0.543 e. The van der Waals surface area contributed by atoms with Crippen LogP contribution in [0.25, 0.3) is 0 Å². The van der Waals surface area contributed by atoms with Crippen LogP contribution in [0.15, 0.2) is 36.7 Å². The fourth-order valence-electron chi connectivity index (χ4n) is 1.52. The number of hydrogen-bond acceptors (Lipinski definition) is 5. The zero-order valence-electron chi connectivity index (χ0n) is 10.2. The van der Waals surface area contributed by atoms with Crippen LogP contribution < -0.4 is 10.4 Å². The highest BCUT2D eigenvalue weighted by atomic mass is 19.1. The van der Waals surface area contributed by atoms with Crippen LogP contribution >= 0.6 is 0 Å². The van der Waals surface area contributed by atoms with E-state index in [4.69, 9.17) is 0 Å². The fourth-order valence-corrected chi connectivity index (χ4v) is 1.52. The average Bonchev–Trinajstić information content (AvgIpc) is 2.46. The predicted molar refractivity (Wildman–Crippen MR) is 63.9 cm³/mol. The van der Waals surface area contributed by atoms with Gasteiger partial charge in [-0.25, -0.2) is 9.37 Å². The summed E-state index contributed by atoms with van der Waals surface area (Å²) < 4.78 is 12.7. The number of aromatic carboxylic acids is 1. The number of rotatable bonds is 4. The maximum atomic E-state index is 12.7. The van der Waals surface area contributed by atoms with Crippen LogP contribution in [0.1, 0.15) is 26.5 Å². The Morgan fingerprint density at radius 1 is 1.10 bits per heavy atom. The van der Waals surface area contributed by atoms with Crippen LogP contribution in [0.5, 0.6) is 0 Å². The van der Waals surface area contributed by atoms with E-state index in [1.165, 1.54) is 30.5 Å². The third-order valence-corrected chi connectivity index (χ3v) is 2.47. The van der Waals surface area contributed by atoms with Gasteiger partial charge in [0.1, 0.15) is 11.5 Å². The summed E-state index contributed by atoms with van der Waals surface area (Å²) in [6.45, 7) is 0.113. The van der Waals surface area contributed by atoms with Gasteiger partial charge in [-0.05, 0) is 17.7 Å².